The monoisotopic (exact) mass is 264 g/mol. The largest absolute Gasteiger partial charge is 0.328 e. The molecule has 1 aromatic heterocycles. The molecule has 0 bridgehead atoms. The number of urea groups is 1. The van der Waals surface area contributed by atoms with E-state index in [2.05, 4.69) is 9.97 Å². The number of hydrogen-bond acceptors (Lipinski definition) is 6. The highest BCUT2D eigenvalue weighted by molar-refractivity contribution is 7.98. The van der Waals surface area contributed by atoms with Crippen LogP contribution in [-0.4, -0.2) is 34.1 Å². The third-order valence-electron chi connectivity index (χ3n) is 2.09. The van der Waals surface area contributed by atoms with Gasteiger partial charge in [0, 0.05) is 18.0 Å². The highest BCUT2D eigenvalue weighted by atomic mass is 32.2. The minimum Gasteiger partial charge on any atom is -0.273 e. The van der Waals surface area contributed by atoms with Gasteiger partial charge in [0.2, 0.25) is 0 Å². The van der Waals surface area contributed by atoms with Gasteiger partial charge < -0.3 is 0 Å². The van der Waals surface area contributed by atoms with Crippen LogP contribution < -0.4 is 10.6 Å². The molecule has 8 heteroatoms. The predicted molar refractivity (Wildman–Crippen MR) is 63.5 cm³/mol. The summed E-state index contributed by atoms with van der Waals surface area (Å²) < 4.78 is 0. The number of barbiturate groups is 1. The highest BCUT2D eigenvalue weighted by Gasteiger charge is 2.27. The van der Waals surface area contributed by atoms with Crippen LogP contribution >= 0.6 is 11.8 Å². The van der Waals surface area contributed by atoms with Gasteiger partial charge in [-0.25, -0.2) is 14.8 Å². The molecule has 1 fully saturated rings. The lowest BCUT2D eigenvalue weighted by Crippen LogP contribution is -2.51. The SMILES string of the molecule is CSc1ncc(C=C2C(=O)NC(=O)NC2=O)cn1. The molecule has 1 aliphatic rings. The number of hydrogen-bond donors (Lipinski definition) is 2. The molecule has 1 aliphatic heterocycles. The van der Waals surface area contributed by atoms with E-state index in [1.165, 1.54) is 30.2 Å². The molecule has 2 heterocycles. The Bertz CT molecular complexity index is 531. The predicted octanol–water partition coefficient (Wildman–Crippen LogP) is -0.0521. The minimum absolute atomic E-state index is 0.157. The molecule has 0 radical (unpaired) electrons. The summed E-state index contributed by atoms with van der Waals surface area (Å²) in [5.74, 6) is -1.48. The second kappa shape index (κ2) is 4.96. The number of thioether (sulfide) groups is 1. The van der Waals surface area contributed by atoms with Gasteiger partial charge in [0.05, 0.1) is 0 Å². The molecule has 92 valence electrons. The van der Waals surface area contributed by atoms with Crippen LogP contribution in [0.25, 0.3) is 6.08 Å². The quantitative estimate of drug-likeness (QED) is 0.336. The Kier molecular flexibility index (Phi) is 3.38. The van der Waals surface area contributed by atoms with Crippen LogP contribution in [0.4, 0.5) is 4.79 Å². The van der Waals surface area contributed by atoms with Crippen LogP contribution in [0.1, 0.15) is 5.56 Å². The van der Waals surface area contributed by atoms with E-state index in [1.54, 1.807) is 0 Å². The summed E-state index contributed by atoms with van der Waals surface area (Å²) in [6.07, 6.45) is 6.13. The van der Waals surface area contributed by atoms with Gasteiger partial charge in [0.15, 0.2) is 5.16 Å². The first kappa shape index (κ1) is 12.2. The fourth-order valence-corrected chi connectivity index (χ4v) is 1.60. The molecule has 7 nitrogen and oxygen atoms in total. The second-order valence-electron chi connectivity index (χ2n) is 3.30. The summed E-state index contributed by atoms with van der Waals surface area (Å²) in [7, 11) is 0. The molecular formula is C10H8N4O3S. The first-order valence-electron chi connectivity index (χ1n) is 4.84. The average molecular weight is 264 g/mol. The van der Waals surface area contributed by atoms with Crippen LogP contribution in [0.2, 0.25) is 0 Å². The standard InChI is InChI=1S/C10H8N4O3S/c1-18-10-11-3-5(4-12-10)2-6-7(15)13-9(17)14-8(6)16/h2-4H,1H3,(H2,13,14,15,16,17). The van der Waals surface area contributed by atoms with Crippen molar-refractivity contribution < 1.29 is 14.4 Å². The summed E-state index contributed by atoms with van der Waals surface area (Å²) >= 11 is 1.38. The second-order valence-corrected chi connectivity index (χ2v) is 4.07. The zero-order valence-electron chi connectivity index (χ0n) is 9.26. The fraction of sp³-hybridized carbons (Fsp3) is 0.100. The van der Waals surface area contributed by atoms with Gasteiger partial charge in [0.1, 0.15) is 5.57 Å². The van der Waals surface area contributed by atoms with E-state index >= 15 is 0 Å². The van der Waals surface area contributed by atoms with Crippen molar-refractivity contribution in [2.45, 2.75) is 5.16 Å². The molecule has 0 aromatic carbocycles. The lowest BCUT2D eigenvalue weighted by molar-refractivity contribution is -0.123. The molecule has 1 saturated heterocycles. The van der Waals surface area contributed by atoms with E-state index in [1.807, 2.05) is 16.9 Å². The zero-order valence-corrected chi connectivity index (χ0v) is 10.1. The molecule has 0 unspecified atom stereocenters. The highest BCUT2D eigenvalue weighted by Crippen LogP contribution is 2.11. The summed E-state index contributed by atoms with van der Waals surface area (Å²) in [6, 6.07) is -0.823. The van der Waals surface area contributed by atoms with E-state index in [9.17, 15) is 14.4 Å². The fourth-order valence-electron chi connectivity index (χ4n) is 1.28. The van der Waals surface area contributed by atoms with Gasteiger partial charge in [-0.05, 0) is 12.3 Å². The number of carbonyl (C=O) groups excluding carboxylic acids is 3. The molecule has 2 N–H and O–H groups in total. The van der Waals surface area contributed by atoms with Gasteiger partial charge in [-0.3, -0.25) is 20.2 Å². The normalized spacial score (nSPS) is 15.2. The van der Waals surface area contributed by atoms with Crippen molar-refractivity contribution in [3.63, 3.8) is 0 Å². The van der Waals surface area contributed by atoms with E-state index in [0.29, 0.717) is 10.7 Å². The molecule has 0 saturated carbocycles. The molecular weight excluding hydrogens is 256 g/mol. The number of rotatable bonds is 2. The number of carbonyl (C=O) groups is 3. The van der Waals surface area contributed by atoms with E-state index in [4.69, 9.17) is 0 Å². The zero-order chi connectivity index (χ0) is 13.1. The smallest absolute Gasteiger partial charge is 0.273 e. The summed E-state index contributed by atoms with van der Waals surface area (Å²) in [6.45, 7) is 0. The molecule has 2 rings (SSSR count). The molecule has 1 aromatic rings. The molecule has 18 heavy (non-hydrogen) atoms. The Hall–Kier alpha value is -2.22. The minimum atomic E-state index is -0.823. The van der Waals surface area contributed by atoms with Gasteiger partial charge >= 0.3 is 6.03 Å². The number of nitrogens with one attached hydrogen (secondary N) is 2. The summed E-state index contributed by atoms with van der Waals surface area (Å²) in [5, 5.41) is 4.55. The van der Waals surface area contributed by atoms with Crippen molar-refractivity contribution in [1.82, 2.24) is 20.6 Å². The maximum atomic E-state index is 11.4. The van der Waals surface area contributed by atoms with E-state index < -0.39 is 17.8 Å². The van der Waals surface area contributed by atoms with Crippen molar-refractivity contribution in [1.29, 1.82) is 0 Å². The Morgan fingerprint density at radius 1 is 1.11 bits per heavy atom. The van der Waals surface area contributed by atoms with Crippen LogP contribution in [-0.2, 0) is 9.59 Å². The first-order valence-corrected chi connectivity index (χ1v) is 6.07. The Balaban J connectivity index is 2.28. The lowest BCUT2D eigenvalue weighted by Gasteiger charge is -2.13. The van der Waals surface area contributed by atoms with Crippen LogP contribution in [0.5, 0.6) is 0 Å². The summed E-state index contributed by atoms with van der Waals surface area (Å²) in [4.78, 5) is 41.7. The van der Waals surface area contributed by atoms with Crippen LogP contribution in [0, 0.1) is 0 Å². The Morgan fingerprint density at radius 3 is 2.17 bits per heavy atom. The van der Waals surface area contributed by atoms with Crippen molar-refractivity contribution in [2.24, 2.45) is 0 Å². The number of imide groups is 2. The van der Waals surface area contributed by atoms with Gasteiger partial charge in [-0.2, -0.15) is 0 Å². The average Bonchev–Trinajstić information content (AvgIpc) is 2.34. The van der Waals surface area contributed by atoms with E-state index in [-0.39, 0.29) is 5.57 Å². The van der Waals surface area contributed by atoms with Gasteiger partial charge in [-0.1, -0.05) is 11.8 Å². The third-order valence-corrected chi connectivity index (χ3v) is 2.66. The molecule has 0 atom stereocenters. The van der Waals surface area contributed by atoms with Crippen molar-refractivity contribution in [3.8, 4) is 0 Å². The van der Waals surface area contributed by atoms with Gasteiger partial charge in [-0.15, -0.1) is 0 Å². The number of amides is 4. The number of aromatic nitrogens is 2. The maximum absolute atomic E-state index is 11.4. The lowest BCUT2D eigenvalue weighted by atomic mass is 10.1. The van der Waals surface area contributed by atoms with Crippen LogP contribution in [0.3, 0.4) is 0 Å². The molecule has 0 aliphatic carbocycles. The van der Waals surface area contributed by atoms with Gasteiger partial charge in [0.25, 0.3) is 11.8 Å². The maximum Gasteiger partial charge on any atom is 0.328 e. The topological polar surface area (TPSA) is 101 Å². The van der Waals surface area contributed by atoms with Crippen LogP contribution in [0.15, 0.2) is 23.1 Å². The van der Waals surface area contributed by atoms with Crippen molar-refractivity contribution >= 4 is 35.7 Å². The first-order chi connectivity index (χ1) is 8.60. The Morgan fingerprint density at radius 2 is 1.67 bits per heavy atom. The summed E-state index contributed by atoms with van der Waals surface area (Å²) in [5.41, 5.74) is 0.345. The molecule has 0 spiro atoms. The number of nitrogens with zero attached hydrogens (tertiary/aromatic N) is 2. The third kappa shape index (κ3) is 2.54. The van der Waals surface area contributed by atoms with Crippen molar-refractivity contribution in [2.75, 3.05) is 6.26 Å². The molecule has 4 amide bonds. The Labute approximate surface area is 106 Å². The van der Waals surface area contributed by atoms with Crippen molar-refractivity contribution in [3.05, 3.63) is 23.5 Å². The van der Waals surface area contributed by atoms with E-state index in [0.717, 1.165) is 0 Å².